The van der Waals surface area contributed by atoms with Gasteiger partial charge in [0.1, 0.15) is 0 Å². The van der Waals surface area contributed by atoms with E-state index in [0.29, 0.717) is 10.6 Å². The monoisotopic (exact) mass is 227 g/mol. The first-order valence-electron chi connectivity index (χ1n) is 4.23. The Balaban J connectivity index is 3.20. The van der Waals surface area contributed by atoms with Gasteiger partial charge >= 0.3 is 0 Å². The van der Waals surface area contributed by atoms with Crippen LogP contribution < -0.4 is 4.74 Å². The molecule has 0 aromatic heterocycles. The van der Waals surface area contributed by atoms with E-state index in [4.69, 9.17) is 16.3 Å². The van der Waals surface area contributed by atoms with E-state index in [0.717, 1.165) is 0 Å². The molecule has 15 heavy (non-hydrogen) atoms. The number of benzene rings is 1. The van der Waals surface area contributed by atoms with Gasteiger partial charge in [0, 0.05) is 11.1 Å². The number of aromatic hydroxyl groups is 1. The molecule has 0 amide bonds. The number of halogens is 1. The molecule has 0 aliphatic heterocycles. The minimum atomic E-state index is -0.438. The Morgan fingerprint density at radius 3 is 2.80 bits per heavy atom. The summed E-state index contributed by atoms with van der Waals surface area (Å²) in [4.78, 5) is 13.6. The number of isocyanates is 1. The Kier molecular flexibility index (Phi) is 3.72. The van der Waals surface area contributed by atoms with E-state index < -0.39 is 6.04 Å². The third-order valence-electron chi connectivity index (χ3n) is 1.99. The molecule has 1 N–H and O–H groups in total. The van der Waals surface area contributed by atoms with Crippen LogP contribution >= 0.6 is 11.6 Å². The minimum absolute atomic E-state index is 0.0372. The standard InChI is InChI=1S/C10H10ClNO3/c1-6(12-5-13)7-3-9(14)10(15-2)4-8(7)11/h3-4,6,14H,1-2H3. The number of aliphatic imine (C=N–C) groups is 1. The van der Waals surface area contributed by atoms with Crippen molar-refractivity contribution in [1.82, 2.24) is 0 Å². The molecule has 0 spiro atoms. The molecule has 1 rings (SSSR count). The molecule has 0 aliphatic carbocycles. The predicted octanol–water partition coefficient (Wildman–Crippen LogP) is 2.45. The topological polar surface area (TPSA) is 58.9 Å². The lowest BCUT2D eigenvalue weighted by atomic mass is 10.1. The number of nitrogens with zero attached hydrogens (tertiary/aromatic N) is 1. The highest BCUT2D eigenvalue weighted by Gasteiger charge is 2.13. The van der Waals surface area contributed by atoms with Gasteiger partial charge in [-0.3, -0.25) is 0 Å². The van der Waals surface area contributed by atoms with Gasteiger partial charge in [-0.15, -0.1) is 0 Å². The smallest absolute Gasteiger partial charge is 0.235 e. The Morgan fingerprint density at radius 1 is 1.60 bits per heavy atom. The van der Waals surface area contributed by atoms with Gasteiger partial charge < -0.3 is 9.84 Å². The van der Waals surface area contributed by atoms with Crippen molar-refractivity contribution in [1.29, 1.82) is 0 Å². The second-order valence-electron chi connectivity index (χ2n) is 2.94. The number of phenolic OH excluding ortho intramolecular Hbond substituents is 1. The number of phenols is 1. The van der Waals surface area contributed by atoms with Crippen molar-refractivity contribution in [2.75, 3.05) is 7.11 Å². The van der Waals surface area contributed by atoms with E-state index in [1.807, 2.05) is 0 Å². The summed E-state index contributed by atoms with van der Waals surface area (Å²) in [5.74, 6) is 0.246. The zero-order valence-corrected chi connectivity index (χ0v) is 9.08. The number of methoxy groups -OCH3 is 1. The van der Waals surface area contributed by atoms with Crippen LogP contribution in [-0.4, -0.2) is 18.3 Å². The molecule has 0 radical (unpaired) electrons. The molecule has 0 aliphatic rings. The molecule has 80 valence electrons. The molecule has 4 nitrogen and oxygen atoms in total. The number of carbonyl (C=O) groups excluding carboxylic acids is 1. The summed E-state index contributed by atoms with van der Waals surface area (Å²) < 4.78 is 4.88. The van der Waals surface area contributed by atoms with Gasteiger partial charge in [-0.05, 0) is 18.6 Å². The van der Waals surface area contributed by atoms with E-state index in [9.17, 15) is 9.90 Å². The normalized spacial score (nSPS) is 11.7. The van der Waals surface area contributed by atoms with E-state index in [1.165, 1.54) is 25.3 Å². The van der Waals surface area contributed by atoms with Crippen molar-refractivity contribution in [3.8, 4) is 11.5 Å². The molecule has 0 saturated carbocycles. The molecule has 0 bridgehead atoms. The average molecular weight is 228 g/mol. The second-order valence-corrected chi connectivity index (χ2v) is 3.35. The SMILES string of the molecule is COc1cc(Cl)c(C(C)N=C=O)cc1O. The highest BCUT2D eigenvalue weighted by Crippen LogP contribution is 2.35. The van der Waals surface area contributed by atoms with Crippen LogP contribution in [0.3, 0.4) is 0 Å². The van der Waals surface area contributed by atoms with Crippen molar-refractivity contribution in [2.24, 2.45) is 4.99 Å². The second kappa shape index (κ2) is 4.82. The maximum absolute atomic E-state index is 10.1. The molecule has 1 aromatic rings. The Bertz CT molecular complexity index is 413. The van der Waals surface area contributed by atoms with Crippen LogP contribution in [0.5, 0.6) is 11.5 Å². The lowest BCUT2D eigenvalue weighted by Gasteiger charge is -2.10. The van der Waals surface area contributed by atoms with Crippen LogP contribution in [0.2, 0.25) is 5.02 Å². The number of hydrogen-bond donors (Lipinski definition) is 1. The summed E-state index contributed by atoms with van der Waals surface area (Å²) in [5.41, 5.74) is 0.554. The summed E-state index contributed by atoms with van der Waals surface area (Å²) >= 11 is 5.93. The fourth-order valence-electron chi connectivity index (χ4n) is 1.19. The Labute approximate surface area is 92.2 Å². The lowest BCUT2D eigenvalue weighted by molar-refractivity contribution is 0.373. The van der Waals surface area contributed by atoms with Crippen LogP contribution in [0.15, 0.2) is 17.1 Å². The van der Waals surface area contributed by atoms with Crippen LogP contribution in [-0.2, 0) is 4.79 Å². The average Bonchev–Trinajstić information content (AvgIpc) is 2.21. The Morgan fingerprint density at radius 2 is 2.27 bits per heavy atom. The first-order chi connectivity index (χ1) is 7.10. The van der Waals surface area contributed by atoms with Crippen molar-refractivity contribution in [2.45, 2.75) is 13.0 Å². The van der Waals surface area contributed by atoms with Crippen molar-refractivity contribution < 1.29 is 14.6 Å². The minimum Gasteiger partial charge on any atom is -0.504 e. The van der Waals surface area contributed by atoms with Gasteiger partial charge in [-0.25, -0.2) is 4.79 Å². The van der Waals surface area contributed by atoms with E-state index >= 15 is 0 Å². The largest absolute Gasteiger partial charge is 0.504 e. The third kappa shape index (κ3) is 2.49. The molecule has 0 saturated heterocycles. The summed E-state index contributed by atoms with van der Waals surface area (Å²) in [5, 5.41) is 9.89. The summed E-state index contributed by atoms with van der Waals surface area (Å²) in [7, 11) is 1.43. The molecular formula is C10H10ClNO3. The molecule has 0 heterocycles. The summed E-state index contributed by atoms with van der Waals surface area (Å²) in [6.45, 7) is 1.68. The quantitative estimate of drug-likeness (QED) is 0.637. The third-order valence-corrected chi connectivity index (χ3v) is 2.32. The first kappa shape index (κ1) is 11.6. The zero-order valence-electron chi connectivity index (χ0n) is 8.32. The summed E-state index contributed by atoms with van der Waals surface area (Å²) in [6.07, 6.45) is 1.44. The number of rotatable bonds is 3. The van der Waals surface area contributed by atoms with Gasteiger partial charge in [0.2, 0.25) is 6.08 Å². The van der Waals surface area contributed by atoms with E-state index in [-0.39, 0.29) is 11.5 Å². The fourth-order valence-corrected chi connectivity index (χ4v) is 1.50. The highest BCUT2D eigenvalue weighted by molar-refractivity contribution is 6.31. The van der Waals surface area contributed by atoms with Crippen molar-refractivity contribution in [3.63, 3.8) is 0 Å². The van der Waals surface area contributed by atoms with E-state index in [2.05, 4.69) is 4.99 Å². The molecular weight excluding hydrogens is 218 g/mol. The van der Waals surface area contributed by atoms with Gasteiger partial charge in [-0.1, -0.05) is 11.6 Å². The maximum atomic E-state index is 10.1. The first-order valence-corrected chi connectivity index (χ1v) is 4.61. The van der Waals surface area contributed by atoms with Gasteiger partial charge in [0.05, 0.1) is 13.2 Å². The zero-order chi connectivity index (χ0) is 11.4. The lowest BCUT2D eigenvalue weighted by Crippen LogP contribution is -1.93. The molecule has 1 unspecified atom stereocenters. The Hall–Kier alpha value is -1.51. The van der Waals surface area contributed by atoms with Crippen LogP contribution in [0, 0.1) is 0 Å². The van der Waals surface area contributed by atoms with E-state index in [1.54, 1.807) is 6.92 Å². The number of hydrogen-bond acceptors (Lipinski definition) is 4. The van der Waals surface area contributed by atoms with Crippen LogP contribution in [0.4, 0.5) is 0 Å². The fraction of sp³-hybridized carbons (Fsp3) is 0.300. The summed E-state index contributed by atoms with van der Waals surface area (Å²) in [6, 6.07) is 2.46. The van der Waals surface area contributed by atoms with Gasteiger partial charge in [0.25, 0.3) is 0 Å². The van der Waals surface area contributed by atoms with Gasteiger partial charge in [-0.2, -0.15) is 4.99 Å². The predicted molar refractivity (Wildman–Crippen MR) is 56.2 cm³/mol. The molecule has 0 fully saturated rings. The molecule has 1 aromatic carbocycles. The van der Waals surface area contributed by atoms with Crippen LogP contribution in [0.25, 0.3) is 0 Å². The van der Waals surface area contributed by atoms with Crippen molar-refractivity contribution >= 4 is 17.7 Å². The highest BCUT2D eigenvalue weighted by atomic mass is 35.5. The molecule has 1 atom stereocenters. The van der Waals surface area contributed by atoms with Gasteiger partial charge in [0.15, 0.2) is 11.5 Å². The van der Waals surface area contributed by atoms with Crippen LogP contribution in [0.1, 0.15) is 18.5 Å². The number of ether oxygens (including phenoxy) is 1. The molecule has 5 heteroatoms. The van der Waals surface area contributed by atoms with Crippen molar-refractivity contribution in [3.05, 3.63) is 22.7 Å². The maximum Gasteiger partial charge on any atom is 0.235 e.